The van der Waals surface area contributed by atoms with E-state index in [0.29, 0.717) is 22.8 Å². The summed E-state index contributed by atoms with van der Waals surface area (Å²) < 4.78 is 28.0. The van der Waals surface area contributed by atoms with Crippen LogP contribution in [0.5, 0.6) is 0 Å². The highest BCUT2D eigenvalue weighted by Gasteiger charge is 2.31. The second-order valence-electron chi connectivity index (χ2n) is 8.89. The number of nitrogens with zero attached hydrogens (tertiary/aromatic N) is 3. The maximum absolute atomic E-state index is 13.2. The Balaban J connectivity index is 1.57. The summed E-state index contributed by atoms with van der Waals surface area (Å²) in [6.07, 6.45) is 2.74. The van der Waals surface area contributed by atoms with E-state index in [1.807, 2.05) is 19.1 Å². The number of benzene rings is 2. The van der Waals surface area contributed by atoms with Gasteiger partial charge >= 0.3 is 0 Å². The number of nitrogens with one attached hydrogen (secondary N) is 1. The van der Waals surface area contributed by atoms with Crippen LogP contribution in [0.3, 0.4) is 0 Å². The predicted octanol–water partition coefficient (Wildman–Crippen LogP) is 3.91. The summed E-state index contributed by atoms with van der Waals surface area (Å²) in [5.41, 5.74) is 1.83. The molecule has 2 aromatic rings. The highest BCUT2D eigenvalue weighted by Crippen LogP contribution is 2.31. The van der Waals surface area contributed by atoms with Gasteiger partial charge in [-0.1, -0.05) is 24.1 Å². The normalized spacial score (nSPS) is 20.6. The minimum Gasteiger partial charge on any atom is -0.367 e. The van der Waals surface area contributed by atoms with E-state index >= 15 is 0 Å². The van der Waals surface area contributed by atoms with Gasteiger partial charge < -0.3 is 15.1 Å². The molecule has 0 aliphatic carbocycles. The van der Waals surface area contributed by atoms with Gasteiger partial charge in [-0.15, -0.1) is 0 Å². The van der Waals surface area contributed by atoms with Crippen LogP contribution in [0, 0.1) is 0 Å². The van der Waals surface area contributed by atoms with Crippen molar-refractivity contribution in [2.45, 2.75) is 37.1 Å². The van der Waals surface area contributed by atoms with Gasteiger partial charge in [0.1, 0.15) is 0 Å². The molecule has 2 fully saturated rings. The van der Waals surface area contributed by atoms with Crippen LogP contribution in [0.15, 0.2) is 47.4 Å². The number of amides is 1. The smallest absolute Gasteiger partial charge is 0.255 e. The van der Waals surface area contributed by atoms with Crippen LogP contribution in [0.1, 0.15) is 36.5 Å². The first-order chi connectivity index (χ1) is 15.8. The second kappa shape index (κ2) is 10.0. The van der Waals surface area contributed by atoms with Crippen LogP contribution in [-0.2, 0) is 10.0 Å². The Bertz CT molecular complexity index is 1120. The Morgan fingerprint density at radius 3 is 2.52 bits per heavy atom. The number of hydrogen-bond acceptors (Lipinski definition) is 5. The first-order valence-electron chi connectivity index (χ1n) is 11.4. The van der Waals surface area contributed by atoms with Crippen LogP contribution < -0.4 is 10.2 Å². The number of carbonyl (C=O) groups excluding carboxylic acids is 1. The molecule has 1 amide bonds. The molecule has 0 spiro atoms. The first-order valence-corrected chi connectivity index (χ1v) is 13.2. The van der Waals surface area contributed by atoms with Crippen molar-refractivity contribution in [3.8, 4) is 0 Å². The topological polar surface area (TPSA) is 73.0 Å². The molecule has 1 N–H and O–H groups in total. The van der Waals surface area contributed by atoms with Gasteiger partial charge in [0, 0.05) is 49.4 Å². The van der Waals surface area contributed by atoms with Gasteiger partial charge in [-0.25, -0.2) is 8.42 Å². The van der Waals surface area contributed by atoms with Crippen molar-refractivity contribution in [2.75, 3.05) is 50.0 Å². The average Bonchev–Trinajstić information content (AvgIpc) is 2.80. The number of sulfonamides is 1. The molecule has 0 aromatic heterocycles. The lowest BCUT2D eigenvalue weighted by atomic mass is 10.1. The van der Waals surface area contributed by atoms with Gasteiger partial charge in [0.25, 0.3) is 5.91 Å². The number of piperazine rings is 1. The fourth-order valence-electron chi connectivity index (χ4n) is 4.49. The third-order valence-electron chi connectivity index (χ3n) is 6.50. The lowest BCUT2D eigenvalue weighted by Crippen LogP contribution is -2.44. The van der Waals surface area contributed by atoms with E-state index in [4.69, 9.17) is 11.6 Å². The fourth-order valence-corrected chi connectivity index (χ4v) is 6.41. The van der Waals surface area contributed by atoms with Crippen molar-refractivity contribution in [3.63, 3.8) is 0 Å². The van der Waals surface area contributed by atoms with Gasteiger partial charge in [0.2, 0.25) is 10.0 Å². The summed E-state index contributed by atoms with van der Waals surface area (Å²) in [5.74, 6) is -0.364. The van der Waals surface area contributed by atoms with Crippen LogP contribution in [-0.4, -0.2) is 69.3 Å². The number of rotatable bonds is 5. The van der Waals surface area contributed by atoms with E-state index in [0.717, 1.165) is 51.1 Å². The minimum atomic E-state index is -3.66. The lowest BCUT2D eigenvalue weighted by Gasteiger charge is -2.35. The molecular formula is C24H31ClN4O3S. The number of likely N-dealkylation sites (N-methyl/N-ethyl adjacent to an activating group) is 1. The number of carbonyl (C=O) groups is 1. The Morgan fingerprint density at radius 2 is 1.79 bits per heavy atom. The molecule has 4 rings (SSSR count). The van der Waals surface area contributed by atoms with E-state index in [1.54, 1.807) is 28.6 Å². The van der Waals surface area contributed by atoms with Crippen molar-refractivity contribution >= 4 is 38.9 Å². The van der Waals surface area contributed by atoms with Crippen LogP contribution >= 0.6 is 11.6 Å². The summed E-state index contributed by atoms with van der Waals surface area (Å²) in [7, 11) is -1.57. The van der Waals surface area contributed by atoms with Crippen LogP contribution in [0.4, 0.5) is 11.4 Å². The minimum absolute atomic E-state index is 0.0427. The SMILES string of the molecule is CC1CCCCN1S(=O)(=O)c1cccc(C(=O)Nc2cc(Cl)ccc2N2CCN(C)CC2)c1. The Morgan fingerprint density at radius 1 is 1.03 bits per heavy atom. The second-order valence-corrected chi connectivity index (χ2v) is 11.2. The summed E-state index contributed by atoms with van der Waals surface area (Å²) in [5, 5.41) is 3.48. The number of hydrogen-bond donors (Lipinski definition) is 1. The maximum Gasteiger partial charge on any atom is 0.255 e. The molecule has 0 radical (unpaired) electrons. The zero-order valence-electron chi connectivity index (χ0n) is 19.1. The molecular weight excluding hydrogens is 460 g/mol. The molecule has 1 unspecified atom stereocenters. The van der Waals surface area contributed by atoms with E-state index in [9.17, 15) is 13.2 Å². The molecule has 2 aliphatic heterocycles. The molecule has 7 nitrogen and oxygen atoms in total. The third-order valence-corrected chi connectivity index (χ3v) is 8.74. The average molecular weight is 491 g/mol. The zero-order valence-corrected chi connectivity index (χ0v) is 20.7. The molecule has 0 bridgehead atoms. The Labute approximate surface area is 201 Å². The molecule has 2 saturated heterocycles. The van der Waals surface area contributed by atoms with E-state index in [1.165, 1.54) is 6.07 Å². The number of halogens is 1. The van der Waals surface area contributed by atoms with Crippen molar-refractivity contribution in [1.29, 1.82) is 0 Å². The summed E-state index contributed by atoms with van der Waals surface area (Å²) in [6, 6.07) is 11.7. The molecule has 9 heteroatoms. The summed E-state index contributed by atoms with van der Waals surface area (Å²) >= 11 is 6.23. The van der Waals surface area contributed by atoms with Crippen molar-refractivity contribution in [1.82, 2.24) is 9.21 Å². The third kappa shape index (κ3) is 5.35. The van der Waals surface area contributed by atoms with Crippen molar-refractivity contribution in [2.24, 2.45) is 0 Å². The maximum atomic E-state index is 13.2. The van der Waals surface area contributed by atoms with Crippen molar-refractivity contribution in [3.05, 3.63) is 53.1 Å². The van der Waals surface area contributed by atoms with Gasteiger partial charge in [0.05, 0.1) is 16.3 Å². The Kier molecular flexibility index (Phi) is 7.28. The molecule has 178 valence electrons. The monoisotopic (exact) mass is 490 g/mol. The quantitative estimate of drug-likeness (QED) is 0.688. The fraction of sp³-hybridized carbons (Fsp3) is 0.458. The van der Waals surface area contributed by atoms with E-state index < -0.39 is 10.0 Å². The van der Waals surface area contributed by atoms with E-state index in [2.05, 4.69) is 22.2 Å². The van der Waals surface area contributed by atoms with Crippen molar-refractivity contribution < 1.29 is 13.2 Å². The van der Waals surface area contributed by atoms with Gasteiger partial charge in [0.15, 0.2) is 0 Å². The van der Waals surface area contributed by atoms with Crippen LogP contribution in [0.25, 0.3) is 0 Å². The van der Waals surface area contributed by atoms with E-state index in [-0.39, 0.29) is 16.8 Å². The largest absolute Gasteiger partial charge is 0.367 e. The zero-order chi connectivity index (χ0) is 23.6. The van der Waals surface area contributed by atoms with Gasteiger partial charge in [-0.05, 0) is 63.2 Å². The standard InChI is InChI=1S/C24H31ClN4O3S/c1-18-6-3-4-11-29(18)33(31,32)21-8-5-7-19(16-21)24(30)26-22-17-20(25)9-10-23(22)28-14-12-27(2)13-15-28/h5,7-10,16-18H,3-4,6,11-15H2,1-2H3,(H,26,30). The lowest BCUT2D eigenvalue weighted by molar-refractivity contribution is 0.102. The molecule has 2 aliphatic rings. The van der Waals surface area contributed by atoms with Crippen LogP contribution in [0.2, 0.25) is 5.02 Å². The predicted molar refractivity (Wildman–Crippen MR) is 133 cm³/mol. The summed E-state index contributed by atoms with van der Waals surface area (Å²) in [4.78, 5) is 17.8. The Hall–Kier alpha value is -2.13. The molecule has 2 heterocycles. The highest BCUT2D eigenvalue weighted by atomic mass is 35.5. The molecule has 2 aromatic carbocycles. The summed E-state index contributed by atoms with van der Waals surface area (Å²) in [6.45, 7) is 6.02. The molecule has 0 saturated carbocycles. The number of piperidine rings is 1. The van der Waals surface area contributed by atoms with Gasteiger partial charge in [-0.3, -0.25) is 4.79 Å². The molecule has 33 heavy (non-hydrogen) atoms. The highest BCUT2D eigenvalue weighted by molar-refractivity contribution is 7.89. The van der Waals surface area contributed by atoms with Gasteiger partial charge in [-0.2, -0.15) is 4.31 Å². The number of anilines is 2. The first kappa shape index (κ1) is 24.0. The molecule has 1 atom stereocenters.